The van der Waals surface area contributed by atoms with Crippen LogP contribution in [-0.2, 0) is 6.54 Å². The van der Waals surface area contributed by atoms with Crippen LogP contribution in [-0.4, -0.2) is 18.1 Å². The second-order valence-corrected chi connectivity index (χ2v) is 5.11. The molecule has 114 valence electrons. The molecule has 2 aromatic rings. The zero-order valence-electron chi connectivity index (χ0n) is 12.8. The molecule has 1 heterocycles. The highest BCUT2D eigenvalue weighted by Crippen LogP contribution is 2.30. The summed E-state index contributed by atoms with van der Waals surface area (Å²) in [5, 5.41) is 3.31. The highest BCUT2D eigenvalue weighted by atomic mass is 16.6. The van der Waals surface area contributed by atoms with Crippen LogP contribution in [0.2, 0.25) is 0 Å². The van der Waals surface area contributed by atoms with E-state index < -0.39 is 0 Å². The zero-order valence-corrected chi connectivity index (χ0v) is 12.8. The summed E-state index contributed by atoms with van der Waals surface area (Å²) in [5.74, 6) is 1.88. The van der Waals surface area contributed by atoms with Gasteiger partial charge in [-0.05, 0) is 31.5 Å². The average Bonchev–Trinajstić information content (AvgIpc) is 2.88. The van der Waals surface area contributed by atoms with E-state index in [2.05, 4.69) is 24.1 Å². The van der Waals surface area contributed by atoms with Crippen molar-refractivity contribution in [2.45, 2.75) is 27.3 Å². The minimum Gasteiger partial charge on any atom is -0.490 e. The number of benzene rings is 1. The number of nitrogens with zero attached hydrogens (tertiary/aromatic N) is 1. The molecule has 5 nitrogen and oxygen atoms in total. The fraction of sp³-hybridized carbons (Fsp3) is 0.438. The molecular formula is C16H22N2O3. The lowest BCUT2D eigenvalue weighted by molar-refractivity contribution is 0.291. The molecule has 0 bridgehead atoms. The number of hydrogen-bond acceptors (Lipinski definition) is 5. The standard InChI is InChI=1S/C16H22N2O3/c1-4-19-14-7-5-6-8-15(14)21-16-18-13(11-20-16)10-17-9-12(2)3/h5-8,11-12,17H,4,9-10H2,1-3H3. The molecule has 0 atom stereocenters. The molecule has 0 saturated heterocycles. The number of para-hydroxylation sites is 2. The zero-order chi connectivity index (χ0) is 15.1. The Morgan fingerprint density at radius 3 is 2.71 bits per heavy atom. The molecule has 5 heteroatoms. The van der Waals surface area contributed by atoms with Gasteiger partial charge in [0.1, 0.15) is 6.26 Å². The Balaban J connectivity index is 1.96. The molecule has 0 aliphatic carbocycles. The van der Waals surface area contributed by atoms with Crippen LogP contribution in [0.1, 0.15) is 26.5 Å². The maximum absolute atomic E-state index is 5.64. The van der Waals surface area contributed by atoms with Crippen molar-refractivity contribution in [1.29, 1.82) is 0 Å². The molecule has 1 N–H and O–H groups in total. The first-order valence-corrected chi connectivity index (χ1v) is 7.23. The number of hydrogen-bond donors (Lipinski definition) is 1. The minimum atomic E-state index is 0.225. The maximum Gasteiger partial charge on any atom is 0.399 e. The Bertz CT molecular complexity index is 552. The minimum absolute atomic E-state index is 0.225. The van der Waals surface area contributed by atoms with Crippen LogP contribution in [0.5, 0.6) is 17.6 Å². The van der Waals surface area contributed by atoms with E-state index in [4.69, 9.17) is 13.9 Å². The van der Waals surface area contributed by atoms with Crippen molar-refractivity contribution >= 4 is 0 Å². The van der Waals surface area contributed by atoms with Crippen molar-refractivity contribution in [3.05, 3.63) is 36.2 Å². The summed E-state index contributed by atoms with van der Waals surface area (Å²) in [5.41, 5.74) is 0.819. The van der Waals surface area contributed by atoms with Crippen LogP contribution >= 0.6 is 0 Å². The number of rotatable bonds is 8. The van der Waals surface area contributed by atoms with E-state index in [9.17, 15) is 0 Å². The summed E-state index contributed by atoms with van der Waals surface area (Å²) in [6.45, 7) is 8.44. The van der Waals surface area contributed by atoms with Crippen molar-refractivity contribution in [3.8, 4) is 17.6 Å². The fourth-order valence-electron chi connectivity index (χ4n) is 1.81. The Kier molecular flexibility index (Phi) is 5.63. The van der Waals surface area contributed by atoms with E-state index >= 15 is 0 Å². The molecule has 0 amide bonds. The molecule has 0 fully saturated rings. The molecule has 0 spiro atoms. The Morgan fingerprint density at radius 1 is 1.24 bits per heavy atom. The topological polar surface area (TPSA) is 56.5 Å². The van der Waals surface area contributed by atoms with Crippen LogP contribution in [0.3, 0.4) is 0 Å². The van der Waals surface area contributed by atoms with Crippen molar-refractivity contribution in [2.24, 2.45) is 5.92 Å². The van der Waals surface area contributed by atoms with Gasteiger partial charge in [-0.2, -0.15) is 4.98 Å². The third-order valence-electron chi connectivity index (χ3n) is 2.74. The summed E-state index contributed by atoms with van der Waals surface area (Å²) in [4.78, 5) is 4.30. The van der Waals surface area contributed by atoms with Gasteiger partial charge in [-0.25, -0.2) is 0 Å². The van der Waals surface area contributed by atoms with E-state index in [0.29, 0.717) is 30.6 Å². The third kappa shape index (κ3) is 4.79. The Labute approximate surface area is 125 Å². The van der Waals surface area contributed by atoms with Crippen LogP contribution < -0.4 is 14.8 Å². The Morgan fingerprint density at radius 2 is 2.00 bits per heavy atom. The molecule has 2 rings (SSSR count). The van der Waals surface area contributed by atoms with Crippen LogP contribution in [0, 0.1) is 5.92 Å². The van der Waals surface area contributed by atoms with Gasteiger partial charge in [-0.1, -0.05) is 26.0 Å². The molecule has 0 radical (unpaired) electrons. The highest BCUT2D eigenvalue weighted by Gasteiger charge is 2.10. The first-order chi connectivity index (χ1) is 10.2. The summed E-state index contributed by atoms with van der Waals surface area (Å²) in [6.07, 6.45) is 1.83. The lowest BCUT2D eigenvalue weighted by Gasteiger charge is -2.08. The van der Waals surface area contributed by atoms with Gasteiger partial charge in [0.2, 0.25) is 0 Å². The quantitative estimate of drug-likeness (QED) is 0.805. The molecule has 0 saturated carbocycles. The number of ether oxygens (including phenoxy) is 2. The van der Waals surface area contributed by atoms with Crippen LogP contribution in [0.15, 0.2) is 34.9 Å². The van der Waals surface area contributed by atoms with Gasteiger partial charge in [0.15, 0.2) is 11.5 Å². The molecule has 1 aromatic heterocycles. The van der Waals surface area contributed by atoms with Gasteiger partial charge in [0.05, 0.1) is 12.3 Å². The molecule has 1 aromatic carbocycles. The summed E-state index contributed by atoms with van der Waals surface area (Å²) < 4.78 is 16.5. The largest absolute Gasteiger partial charge is 0.490 e. The summed E-state index contributed by atoms with van der Waals surface area (Å²) in [7, 11) is 0. The summed E-state index contributed by atoms with van der Waals surface area (Å²) >= 11 is 0. The van der Waals surface area contributed by atoms with Crippen LogP contribution in [0.25, 0.3) is 0 Å². The van der Waals surface area contributed by atoms with E-state index in [1.807, 2.05) is 31.2 Å². The summed E-state index contributed by atoms with van der Waals surface area (Å²) in [6, 6.07) is 7.46. The second-order valence-electron chi connectivity index (χ2n) is 5.11. The lowest BCUT2D eigenvalue weighted by Crippen LogP contribution is -2.19. The van der Waals surface area contributed by atoms with Gasteiger partial charge < -0.3 is 19.2 Å². The van der Waals surface area contributed by atoms with Crippen molar-refractivity contribution in [3.63, 3.8) is 0 Å². The predicted octanol–water partition coefficient (Wildman–Crippen LogP) is 3.61. The van der Waals surface area contributed by atoms with Gasteiger partial charge in [0.25, 0.3) is 0 Å². The third-order valence-corrected chi connectivity index (χ3v) is 2.74. The first-order valence-electron chi connectivity index (χ1n) is 7.23. The second kappa shape index (κ2) is 7.69. The van der Waals surface area contributed by atoms with E-state index in [0.717, 1.165) is 12.2 Å². The SMILES string of the molecule is CCOc1ccccc1Oc1nc(CNCC(C)C)co1. The fourth-order valence-corrected chi connectivity index (χ4v) is 1.81. The van der Waals surface area contributed by atoms with Gasteiger partial charge >= 0.3 is 6.08 Å². The monoisotopic (exact) mass is 290 g/mol. The number of aromatic nitrogens is 1. The molecular weight excluding hydrogens is 268 g/mol. The molecule has 0 aliphatic rings. The van der Waals surface area contributed by atoms with Crippen molar-refractivity contribution in [2.75, 3.05) is 13.2 Å². The van der Waals surface area contributed by atoms with E-state index in [-0.39, 0.29) is 6.08 Å². The highest BCUT2D eigenvalue weighted by molar-refractivity contribution is 5.40. The van der Waals surface area contributed by atoms with E-state index in [1.54, 1.807) is 6.26 Å². The van der Waals surface area contributed by atoms with Crippen LogP contribution in [0.4, 0.5) is 0 Å². The number of oxazole rings is 1. The number of nitrogens with one attached hydrogen (secondary N) is 1. The maximum atomic E-state index is 5.64. The van der Waals surface area contributed by atoms with E-state index in [1.165, 1.54) is 0 Å². The predicted molar refractivity (Wildman–Crippen MR) is 80.7 cm³/mol. The normalized spacial score (nSPS) is 10.9. The average molecular weight is 290 g/mol. The van der Waals surface area contributed by atoms with Gasteiger partial charge in [-0.3, -0.25) is 0 Å². The lowest BCUT2D eigenvalue weighted by atomic mass is 10.2. The smallest absolute Gasteiger partial charge is 0.399 e. The Hall–Kier alpha value is -2.01. The van der Waals surface area contributed by atoms with Crippen molar-refractivity contribution < 1.29 is 13.9 Å². The molecule has 0 unspecified atom stereocenters. The molecule has 0 aliphatic heterocycles. The van der Waals surface area contributed by atoms with Crippen molar-refractivity contribution in [1.82, 2.24) is 10.3 Å². The molecule has 21 heavy (non-hydrogen) atoms. The first kappa shape index (κ1) is 15.4. The van der Waals surface area contributed by atoms with Gasteiger partial charge in [0, 0.05) is 6.54 Å². The van der Waals surface area contributed by atoms with Gasteiger partial charge in [-0.15, -0.1) is 0 Å².